The summed E-state index contributed by atoms with van der Waals surface area (Å²) in [7, 11) is 2.12. The molecular weight excluding hydrogens is 196 g/mol. The maximum Gasteiger partial charge on any atom is 0.0599 e. The van der Waals surface area contributed by atoms with Crippen LogP contribution in [0.15, 0.2) is 24.3 Å². The van der Waals surface area contributed by atoms with Gasteiger partial charge in [0.05, 0.1) is 11.4 Å². The Morgan fingerprint density at radius 3 is 2.38 bits per heavy atom. The second-order valence-electron chi connectivity index (χ2n) is 5.45. The highest BCUT2D eigenvalue weighted by Crippen LogP contribution is 2.25. The molecule has 0 spiro atoms. The number of nitrogens with one attached hydrogen (secondary N) is 1. The second kappa shape index (κ2) is 5.24. The molecule has 0 radical (unpaired) electrons. The van der Waals surface area contributed by atoms with Gasteiger partial charge >= 0.3 is 0 Å². The van der Waals surface area contributed by atoms with E-state index in [1.807, 2.05) is 0 Å². The highest BCUT2D eigenvalue weighted by atomic mass is 15.1. The molecule has 0 amide bonds. The molecule has 0 atom stereocenters. The summed E-state index contributed by atoms with van der Waals surface area (Å²) in [6.45, 7) is 10.9. The molecule has 0 bridgehead atoms. The first kappa shape index (κ1) is 12.9. The lowest BCUT2D eigenvalue weighted by atomic mass is 9.97. The van der Waals surface area contributed by atoms with E-state index in [0.717, 1.165) is 13.1 Å². The quantitative estimate of drug-likeness (QED) is 0.834. The Morgan fingerprint density at radius 1 is 1.19 bits per heavy atom. The topological polar surface area (TPSA) is 15.3 Å². The van der Waals surface area contributed by atoms with Crippen LogP contribution in [0.3, 0.4) is 0 Å². The van der Waals surface area contributed by atoms with Crippen LogP contribution in [0.2, 0.25) is 0 Å². The Kier molecular flexibility index (Phi) is 4.22. The highest BCUT2D eigenvalue weighted by molar-refractivity contribution is 5.69. The first-order chi connectivity index (χ1) is 7.44. The van der Waals surface area contributed by atoms with Crippen molar-refractivity contribution in [2.45, 2.75) is 27.7 Å². The van der Waals surface area contributed by atoms with Gasteiger partial charge in [0.25, 0.3) is 0 Å². The van der Waals surface area contributed by atoms with E-state index in [0.29, 0.717) is 5.41 Å². The number of rotatable bonds is 4. The van der Waals surface area contributed by atoms with E-state index in [-0.39, 0.29) is 0 Å². The summed E-state index contributed by atoms with van der Waals surface area (Å²) >= 11 is 0. The first-order valence-corrected chi connectivity index (χ1v) is 5.98. The minimum Gasteiger partial charge on any atom is -0.383 e. The Bertz CT molecular complexity index is 326. The molecule has 0 unspecified atom stereocenters. The first-order valence-electron chi connectivity index (χ1n) is 5.98. The molecule has 0 aliphatic heterocycles. The molecule has 1 aromatic carbocycles. The molecule has 0 aromatic heterocycles. The van der Waals surface area contributed by atoms with E-state index < -0.39 is 0 Å². The van der Waals surface area contributed by atoms with Gasteiger partial charge in [-0.1, -0.05) is 32.9 Å². The van der Waals surface area contributed by atoms with E-state index in [9.17, 15) is 0 Å². The fourth-order valence-electron chi connectivity index (χ4n) is 1.49. The van der Waals surface area contributed by atoms with Crippen molar-refractivity contribution in [2.75, 3.05) is 30.4 Å². The molecule has 1 aromatic rings. The van der Waals surface area contributed by atoms with Crippen LogP contribution < -0.4 is 10.2 Å². The van der Waals surface area contributed by atoms with Gasteiger partial charge in [0.15, 0.2) is 0 Å². The minimum atomic E-state index is 0.303. The molecule has 2 heteroatoms. The summed E-state index contributed by atoms with van der Waals surface area (Å²) in [5.74, 6) is 0. The van der Waals surface area contributed by atoms with E-state index in [1.165, 1.54) is 11.4 Å². The monoisotopic (exact) mass is 220 g/mol. The largest absolute Gasteiger partial charge is 0.383 e. The van der Waals surface area contributed by atoms with Crippen LogP contribution in [-0.2, 0) is 0 Å². The average Bonchev–Trinajstić information content (AvgIpc) is 2.25. The van der Waals surface area contributed by atoms with Crippen LogP contribution in [0.4, 0.5) is 11.4 Å². The van der Waals surface area contributed by atoms with E-state index in [4.69, 9.17) is 0 Å². The normalized spacial score (nSPS) is 11.3. The fraction of sp³-hybridized carbons (Fsp3) is 0.571. The fourth-order valence-corrected chi connectivity index (χ4v) is 1.49. The van der Waals surface area contributed by atoms with Gasteiger partial charge < -0.3 is 10.2 Å². The molecule has 0 saturated carbocycles. The van der Waals surface area contributed by atoms with Gasteiger partial charge in [-0.2, -0.15) is 0 Å². The van der Waals surface area contributed by atoms with Gasteiger partial charge in [-0.15, -0.1) is 0 Å². The Balaban J connectivity index is 2.79. The van der Waals surface area contributed by atoms with Crippen LogP contribution in [0, 0.1) is 5.41 Å². The van der Waals surface area contributed by atoms with Crippen LogP contribution in [-0.4, -0.2) is 20.1 Å². The van der Waals surface area contributed by atoms with Crippen LogP contribution in [0.1, 0.15) is 27.7 Å². The molecular formula is C14H24N2. The van der Waals surface area contributed by atoms with Crippen molar-refractivity contribution in [1.82, 2.24) is 0 Å². The SMILES string of the molecule is CCN(C)c1ccccc1NCC(C)(C)C. The molecule has 16 heavy (non-hydrogen) atoms. The summed E-state index contributed by atoms with van der Waals surface area (Å²) in [6.07, 6.45) is 0. The summed E-state index contributed by atoms with van der Waals surface area (Å²) in [5, 5.41) is 3.53. The summed E-state index contributed by atoms with van der Waals surface area (Å²) in [6, 6.07) is 8.48. The Labute approximate surface area is 99.7 Å². The molecule has 0 saturated heterocycles. The lowest BCUT2D eigenvalue weighted by Crippen LogP contribution is -2.22. The molecule has 0 fully saturated rings. The van der Waals surface area contributed by atoms with Gasteiger partial charge in [-0.05, 0) is 24.5 Å². The van der Waals surface area contributed by atoms with Gasteiger partial charge in [-0.25, -0.2) is 0 Å². The number of para-hydroxylation sites is 2. The smallest absolute Gasteiger partial charge is 0.0599 e. The third kappa shape index (κ3) is 3.76. The minimum absolute atomic E-state index is 0.303. The van der Waals surface area contributed by atoms with E-state index in [1.54, 1.807) is 0 Å². The Morgan fingerprint density at radius 2 is 1.81 bits per heavy atom. The van der Waals surface area contributed by atoms with Crippen LogP contribution >= 0.6 is 0 Å². The lowest BCUT2D eigenvalue weighted by Gasteiger charge is -2.24. The van der Waals surface area contributed by atoms with Crippen molar-refractivity contribution < 1.29 is 0 Å². The molecule has 1 N–H and O–H groups in total. The molecule has 1 rings (SSSR count). The van der Waals surface area contributed by atoms with E-state index >= 15 is 0 Å². The van der Waals surface area contributed by atoms with Crippen molar-refractivity contribution in [2.24, 2.45) is 5.41 Å². The summed E-state index contributed by atoms with van der Waals surface area (Å²) in [4.78, 5) is 2.25. The zero-order chi connectivity index (χ0) is 12.2. The van der Waals surface area contributed by atoms with Gasteiger partial charge in [0.1, 0.15) is 0 Å². The van der Waals surface area contributed by atoms with Crippen molar-refractivity contribution >= 4 is 11.4 Å². The number of anilines is 2. The van der Waals surface area contributed by atoms with Gasteiger partial charge in [0.2, 0.25) is 0 Å². The van der Waals surface area contributed by atoms with Gasteiger partial charge in [0, 0.05) is 20.1 Å². The molecule has 0 aliphatic rings. The summed E-state index contributed by atoms with van der Waals surface area (Å²) in [5.41, 5.74) is 2.80. The number of nitrogens with zero attached hydrogens (tertiary/aromatic N) is 1. The zero-order valence-corrected chi connectivity index (χ0v) is 11.2. The molecule has 0 heterocycles. The Hall–Kier alpha value is -1.18. The maximum atomic E-state index is 3.53. The summed E-state index contributed by atoms with van der Waals surface area (Å²) < 4.78 is 0. The standard InChI is InChI=1S/C14H24N2/c1-6-16(5)13-10-8-7-9-12(13)15-11-14(2,3)4/h7-10,15H,6,11H2,1-5H3. The number of hydrogen-bond acceptors (Lipinski definition) is 2. The maximum absolute atomic E-state index is 3.53. The van der Waals surface area contributed by atoms with Crippen molar-refractivity contribution in [1.29, 1.82) is 0 Å². The third-order valence-corrected chi connectivity index (χ3v) is 2.60. The predicted octanol–water partition coefficient (Wildman–Crippen LogP) is 3.60. The third-order valence-electron chi connectivity index (χ3n) is 2.60. The number of benzene rings is 1. The zero-order valence-electron chi connectivity index (χ0n) is 11.2. The molecule has 90 valence electrons. The van der Waals surface area contributed by atoms with E-state index in [2.05, 4.69) is 69.2 Å². The molecule has 2 nitrogen and oxygen atoms in total. The van der Waals surface area contributed by atoms with Crippen molar-refractivity contribution in [3.63, 3.8) is 0 Å². The lowest BCUT2D eigenvalue weighted by molar-refractivity contribution is 0.443. The average molecular weight is 220 g/mol. The predicted molar refractivity (Wildman–Crippen MR) is 73.3 cm³/mol. The molecule has 0 aliphatic carbocycles. The number of hydrogen-bond donors (Lipinski definition) is 1. The second-order valence-corrected chi connectivity index (χ2v) is 5.45. The van der Waals surface area contributed by atoms with Crippen LogP contribution in [0.5, 0.6) is 0 Å². The highest BCUT2D eigenvalue weighted by Gasteiger charge is 2.11. The van der Waals surface area contributed by atoms with Crippen molar-refractivity contribution in [3.05, 3.63) is 24.3 Å². The van der Waals surface area contributed by atoms with Crippen LogP contribution in [0.25, 0.3) is 0 Å². The van der Waals surface area contributed by atoms with Crippen molar-refractivity contribution in [3.8, 4) is 0 Å². The van der Waals surface area contributed by atoms with Gasteiger partial charge in [-0.3, -0.25) is 0 Å².